The van der Waals surface area contributed by atoms with E-state index in [1.165, 1.54) is 11.5 Å². The van der Waals surface area contributed by atoms with Crippen molar-refractivity contribution in [3.05, 3.63) is 93.5 Å². The summed E-state index contributed by atoms with van der Waals surface area (Å²) in [6.07, 6.45) is 1.86. The largest absolute Gasteiger partial charge is 0.497 e. The number of hydrogen-bond donors (Lipinski definition) is 3. The first-order chi connectivity index (χ1) is 18.2. The maximum atomic E-state index is 12.9. The van der Waals surface area contributed by atoms with Gasteiger partial charge in [0.2, 0.25) is 0 Å². The Morgan fingerprint density at radius 2 is 1.74 bits per heavy atom. The molecule has 0 aliphatic rings. The van der Waals surface area contributed by atoms with E-state index in [1.807, 2.05) is 69.3 Å². The van der Waals surface area contributed by atoms with Gasteiger partial charge in [-0.2, -0.15) is 4.37 Å². The number of ether oxygens (including phenoxy) is 1. The fraction of sp³-hybridized carbons (Fsp3) is 0.241. The summed E-state index contributed by atoms with van der Waals surface area (Å²) in [6.45, 7) is 6.27. The minimum atomic E-state index is -1.08. The van der Waals surface area contributed by atoms with Gasteiger partial charge in [0.05, 0.1) is 19.3 Å². The molecule has 4 rings (SSSR count). The summed E-state index contributed by atoms with van der Waals surface area (Å²) in [5, 5.41) is 15.7. The van der Waals surface area contributed by atoms with Gasteiger partial charge in [-0.3, -0.25) is 4.79 Å². The number of carboxylic acids is 1. The lowest BCUT2D eigenvalue weighted by Crippen LogP contribution is -2.42. The summed E-state index contributed by atoms with van der Waals surface area (Å²) in [7, 11) is 1.62. The van der Waals surface area contributed by atoms with E-state index in [2.05, 4.69) is 20.0 Å². The van der Waals surface area contributed by atoms with E-state index in [0.717, 1.165) is 50.0 Å². The summed E-state index contributed by atoms with van der Waals surface area (Å²) in [6, 6.07) is 16.0. The Morgan fingerprint density at radius 1 is 1.03 bits per heavy atom. The molecule has 0 aliphatic heterocycles. The van der Waals surface area contributed by atoms with E-state index in [9.17, 15) is 14.7 Å². The van der Waals surface area contributed by atoms with Crippen LogP contribution in [0.5, 0.6) is 5.75 Å². The number of rotatable bonds is 10. The van der Waals surface area contributed by atoms with Crippen LogP contribution in [0.1, 0.15) is 37.5 Å². The molecule has 0 aliphatic carbocycles. The first kappa shape index (κ1) is 26.8. The van der Waals surface area contributed by atoms with Crippen molar-refractivity contribution in [1.29, 1.82) is 0 Å². The number of pyridine rings is 1. The number of aromatic nitrogens is 2. The Bertz CT molecular complexity index is 1430. The van der Waals surface area contributed by atoms with Crippen LogP contribution in [0, 0.1) is 20.8 Å². The summed E-state index contributed by atoms with van der Waals surface area (Å²) in [5.41, 5.74) is 5.80. The Labute approximate surface area is 225 Å². The molecule has 38 heavy (non-hydrogen) atoms. The molecule has 1 atom stereocenters. The highest BCUT2D eigenvalue weighted by molar-refractivity contribution is 7.06. The molecule has 9 heteroatoms. The van der Waals surface area contributed by atoms with Crippen molar-refractivity contribution in [2.24, 2.45) is 0 Å². The predicted molar refractivity (Wildman–Crippen MR) is 149 cm³/mol. The number of nitrogens with one attached hydrogen (secondary N) is 2. The first-order valence-electron chi connectivity index (χ1n) is 12.1. The van der Waals surface area contributed by atoms with Crippen molar-refractivity contribution in [3.8, 4) is 17.0 Å². The van der Waals surface area contributed by atoms with Crippen molar-refractivity contribution < 1.29 is 19.4 Å². The highest BCUT2D eigenvalue weighted by Crippen LogP contribution is 2.24. The van der Waals surface area contributed by atoms with Crippen molar-refractivity contribution >= 4 is 29.2 Å². The predicted octanol–water partition coefficient (Wildman–Crippen LogP) is 5.18. The molecule has 2 aromatic carbocycles. The van der Waals surface area contributed by atoms with Gasteiger partial charge in [-0.1, -0.05) is 42.0 Å². The Balaban J connectivity index is 1.39. The van der Waals surface area contributed by atoms with Crippen molar-refractivity contribution in [2.75, 3.05) is 12.4 Å². The van der Waals surface area contributed by atoms with Crippen LogP contribution in [-0.2, 0) is 17.8 Å². The third-order valence-corrected chi connectivity index (χ3v) is 6.95. The minimum absolute atomic E-state index is 0.172. The molecule has 0 radical (unpaired) electrons. The number of carbonyl (C=O) groups is 2. The third kappa shape index (κ3) is 6.54. The zero-order chi connectivity index (χ0) is 27.2. The van der Waals surface area contributed by atoms with Crippen LogP contribution in [0.4, 0.5) is 5.82 Å². The van der Waals surface area contributed by atoms with Gasteiger partial charge in [-0.15, -0.1) is 0 Å². The second-order valence-electron chi connectivity index (χ2n) is 9.15. The number of methoxy groups -OCH3 is 1. The number of benzene rings is 2. The molecule has 4 aromatic rings. The van der Waals surface area contributed by atoms with Gasteiger partial charge in [0.25, 0.3) is 5.91 Å². The van der Waals surface area contributed by atoms with Gasteiger partial charge in [0.15, 0.2) is 0 Å². The lowest BCUT2D eigenvalue weighted by atomic mass is 9.98. The van der Waals surface area contributed by atoms with Gasteiger partial charge in [0, 0.05) is 34.7 Å². The number of aliphatic carboxylic acids is 1. The van der Waals surface area contributed by atoms with E-state index in [4.69, 9.17) is 4.74 Å². The Morgan fingerprint density at radius 3 is 2.39 bits per heavy atom. The average molecular weight is 531 g/mol. The normalized spacial score (nSPS) is 11.6. The maximum Gasteiger partial charge on any atom is 0.326 e. The molecular formula is C29H30N4O4S. The molecule has 0 bridgehead atoms. The van der Waals surface area contributed by atoms with Crippen LogP contribution in [0.2, 0.25) is 0 Å². The molecule has 0 spiro atoms. The molecular weight excluding hydrogens is 500 g/mol. The lowest BCUT2D eigenvalue weighted by molar-refractivity contribution is -0.139. The van der Waals surface area contributed by atoms with Crippen LogP contribution >= 0.6 is 11.5 Å². The molecule has 196 valence electrons. The topological polar surface area (TPSA) is 113 Å². The summed E-state index contributed by atoms with van der Waals surface area (Å²) >= 11 is 1.40. The number of aryl methyl sites for hydroxylation is 3. The van der Waals surface area contributed by atoms with Gasteiger partial charge >= 0.3 is 5.97 Å². The fourth-order valence-corrected chi connectivity index (χ4v) is 5.04. The SMILES string of the molecule is COc1ccnc(NCc2cc(-c3ccc(CC(NC(=O)c4c(C)cc(C)cc4C)C(=O)O)cc3)ns2)c1. The standard InChI is InChI=1S/C29H30N4O4S/c1-17-11-18(2)27(19(3)12-17)28(34)32-25(29(35)36)13-20-5-7-21(8-6-20)24-15-23(38-33-24)16-31-26-14-22(37-4)9-10-30-26/h5-12,14-15,25H,13,16H2,1-4H3,(H,30,31)(H,32,34)(H,35,36). The lowest BCUT2D eigenvalue weighted by Gasteiger charge is -2.17. The number of anilines is 1. The Hall–Kier alpha value is -4.24. The molecule has 3 N–H and O–H groups in total. The number of carbonyl (C=O) groups excluding carboxylic acids is 1. The second-order valence-corrected chi connectivity index (χ2v) is 10.0. The monoisotopic (exact) mass is 530 g/mol. The fourth-order valence-electron chi connectivity index (χ4n) is 4.36. The maximum absolute atomic E-state index is 12.9. The van der Waals surface area contributed by atoms with Crippen LogP contribution in [-0.4, -0.2) is 39.5 Å². The van der Waals surface area contributed by atoms with Crippen molar-refractivity contribution in [1.82, 2.24) is 14.7 Å². The Kier molecular flexibility index (Phi) is 8.38. The second kappa shape index (κ2) is 11.9. The third-order valence-electron chi connectivity index (χ3n) is 6.17. The molecule has 8 nitrogen and oxygen atoms in total. The minimum Gasteiger partial charge on any atom is -0.497 e. The van der Waals surface area contributed by atoms with E-state index < -0.39 is 12.0 Å². The van der Waals surface area contributed by atoms with Gasteiger partial charge < -0.3 is 20.5 Å². The van der Waals surface area contributed by atoms with Crippen molar-refractivity contribution in [3.63, 3.8) is 0 Å². The molecule has 2 heterocycles. The summed E-state index contributed by atoms with van der Waals surface area (Å²) in [4.78, 5) is 30.2. The highest BCUT2D eigenvalue weighted by Gasteiger charge is 2.23. The van der Waals surface area contributed by atoms with E-state index >= 15 is 0 Å². The highest BCUT2D eigenvalue weighted by atomic mass is 32.1. The quantitative estimate of drug-likeness (QED) is 0.259. The van der Waals surface area contributed by atoms with Crippen LogP contribution in [0.3, 0.4) is 0 Å². The number of carboxylic acid groups (broad SMARTS) is 1. The van der Waals surface area contributed by atoms with E-state index in [1.54, 1.807) is 19.4 Å². The number of nitrogens with zero attached hydrogens (tertiary/aromatic N) is 2. The van der Waals surface area contributed by atoms with Gasteiger partial charge in [-0.05, 0) is 61.1 Å². The van der Waals surface area contributed by atoms with Gasteiger partial charge in [-0.25, -0.2) is 9.78 Å². The van der Waals surface area contributed by atoms with E-state index in [0.29, 0.717) is 12.1 Å². The van der Waals surface area contributed by atoms with Crippen molar-refractivity contribution in [2.45, 2.75) is 39.8 Å². The summed E-state index contributed by atoms with van der Waals surface area (Å²) in [5.74, 6) is -0.00196. The molecule has 0 saturated heterocycles. The molecule has 0 fully saturated rings. The van der Waals surface area contributed by atoms with E-state index in [-0.39, 0.29) is 12.3 Å². The molecule has 0 saturated carbocycles. The van der Waals surface area contributed by atoms with Crippen LogP contribution in [0.15, 0.2) is 60.8 Å². The first-order valence-corrected chi connectivity index (χ1v) is 12.9. The average Bonchev–Trinajstić information content (AvgIpc) is 3.36. The zero-order valence-corrected chi connectivity index (χ0v) is 22.6. The number of amides is 1. The van der Waals surface area contributed by atoms with Crippen LogP contribution in [0.25, 0.3) is 11.3 Å². The zero-order valence-electron chi connectivity index (χ0n) is 21.7. The smallest absolute Gasteiger partial charge is 0.326 e. The molecule has 1 amide bonds. The van der Waals surface area contributed by atoms with Gasteiger partial charge in [0.1, 0.15) is 17.6 Å². The number of hydrogen-bond acceptors (Lipinski definition) is 7. The summed E-state index contributed by atoms with van der Waals surface area (Å²) < 4.78 is 9.78. The van der Waals surface area contributed by atoms with Crippen LogP contribution < -0.4 is 15.4 Å². The molecule has 2 aromatic heterocycles. The molecule has 1 unspecified atom stereocenters.